The van der Waals surface area contributed by atoms with Crippen molar-refractivity contribution in [3.05, 3.63) is 40.9 Å². The molecular formula is C17H24N4O2. The smallest absolute Gasteiger partial charge is 0.252 e. The Bertz CT molecular complexity index is 648. The SMILES string of the molecule is C=N/C(NC1(C)CC1)=C(\C)C(C(=O)NCc1ncco1)=C(C)C. The minimum Gasteiger partial charge on any atom is -0.447 e. The highest BCUT2D eigenvalue weighted by molar-refractivity contribution is 5.98. The van der Waals surface area contributed by atoms with E-state index in [1.807, 2.05) is 20.8 Å². The summed E-state index contributed by atoms with van der Waals surface area (Å²) < 4.78 is 5.13. The van der Waals surface area contributed by atoms with Crippen molar-refractivity contribution >= 4 is 12.6 Å². The van der Waals surface area contributed by atoms with E-state index in [4.69, 9.17) is 4.42 Å². The van der Waals surface area contributed by atoms with Crippen LogP contribution in [-0.2, 0) is 11.3 Å². The predicted molar refractivity (Wildman–Crippen MR) is 89.7 cm³/mol. The number of nitrogens with zero attached hydrogens (tertiary/aromatic N) is 2. The van der Waals surface area contributed by atoms with Gasteiger partial charge in [0.05, 0.1) is 12.7 Å². The molecule has 1 aliphatic carbocycles. The van der Waals surface area contributed by atoms with Gasteiger partial charge in [-0.05, 0) is 47.3 Å². The predicted octanol–water partition coefficient (Wildman–Crippen LogP) is 2.70. The molecule has 1 fully saturated rings. The van der Waals surface area contributed by atoms with E-state index in [0.29, 0.717) is 17.3 Å². The number of carbonyl (C=O) groups excluding carboxylic acids is 1. The number of hydrogen-bond acceptors (Lipinski definition) is 5. The molecule has 1 saturated carbocycles. The van der Waals surface area contributed by atoms with Crippen LogP contribution < -0.4 is 10.6 Å². The number of aliphatic imine (C=N–C) groups is 1. The Balaban J connectivity index is 2.17. The van der Waals surface area contributed by atoms with Gasteiger partial charge >= 0.3 is 0 Å². The lowest BCUT2D eigenvalue weighted by molar-refractivity contribution is -0.117. The Morgan fingerprint density at radius 1 is 1.43 bits per heavy atom. The number of aromatic nitrogens is 1. The summed E-state index contributed by atoms with van der Waals surface area (Å²) >= 11 is 0. The summed E-state index contributed by atoms with van der Waals surface area (Å²) in [5.74, 6) is 0.954. The Morgan fingerprint density at radius 2 is 2.13 bits per heavy atom. The van der Waals surface area contributed by atoms with Crippen molar-refractivity contribution in [1.82, 2.24) is 15.6 Å². The zero-order chi connectivity index (χ0) is 17.0. The van der Waals surface area contributed by atoms with Gasteiger partial charge in [0.25, 0.3) is 5.91 Å². The highest BCUT2D eigenvalue weighted by Gasteiger charge is 2.38. The van der Waals surface area contributed by atoms with Crippen molar-refractivity contribution in [2.45, 2.75) is 52.6 Å². The van der Waals surface area contributed by atoms with Crippen LogP contribution in [0.25, 0.3) is 0 Å². The second kappa shape index (κ2) is 6.81. The number of oxazole rings is 1. The fourth-order valence-corrected chi connectivity index (χ4v) is 2.33. The van der Waals surface area contributed by atoms with Crippen molar-refractivity contribution in [2.24, 2.45) is 4.99 Å². The maximum Gasteiger partial charge on any atom is 0.252 e. The van der Waals surface area contributed by atoms with Crippen molar-refractivity contribution < 1.29 is 9.21 Å². The first-order chi connectivity index (χ1) is 10.9. The van der Waals surface area contributed by atoms with Gasteiger partial charge in [-0.1, -0.05) is 5.57 Å². The van der Waals surface area contributed by atoms with Gasteiger partial charge in [-0.3, -0.25) is 4.79 Å². The lowest BCUT2D eigenvalue weighted by Gasteiger charge is -2.18. The first-order valence-electron chi connectivity index (χ1n) is 7.66. The molecule has 1 aliphatic rings. The molecular weight excluding hydrogens is 292 g/mol. The molecule has 2 rings (SSSR count). The number of nitrogens with one attached hydrogen (secondary N) is 2. The average molecular weight is 316 g/mol. The van der Waals surface area contributed by atoms with Crippen molar-refractivity contribution in [3.8, 4) is 0 Å². The number of amides is 1. The van der Waals surface area contributed by atoms with E-state index < -0.39 is 0 Å². The summed E-state index contributed by atoms with van der Waals surface area (Å²) in [5.41, 5.74) is 2.38. The second-order valence-corrected chi connectivity index (χ2v) is 6.30. The molecule has 0 spiro atoms. The van der Waals surface area contributed by atoms with E-state index in [-0.39, 0.29) is 18.0 Å². The molecule has 0 bridgehead atoms. The third-order valence-electron chi connectivity index (χ3n) is 3.92. The summed E-state index contributed by atoms with van der Waals surface area (Å²) in [6.07, 6.45) is 5.22. The Morgan fingerprint density at radius 3 is 2.61 bits per heavy atom. The Hall–Kier alpha value is -2.37. The Kier molecular flexibility index (Phi) is 5.03. The number of allylic oxidation sites excluding steroid dienone is 1. The lowest BCUT2D eigenvalue weighted by atomic mass is 10.0. The van der Waals surface area contributed by atoms with E-state index in [1.54, 1.807) is 6.20 Å². The van der Waals surface area contributed by atoms with E-state index in [1.165, 1.54) is 6.26 Å². The summed E-state index contributed by atoms with van der Waals surface area (Å²) in [4.78, 5) is 20.6. The first kappa shape index (κ1) is 17.0. The third kappa shape index (κ3) is 4.31. The van der Waals surface area contributed by atoms with Crippen LogP contribution in [0.5, 0.6) is 0 Å². The standard InChI is InChI=1S/C17H24N4O2/c1-11(2)14(16(22)20-10-13-19-8-9-23-13)12(3)15(18-5)21-17(4)6-7-17/h8-9,21H,5-7,10H2,1-4H3,(H,20,22)/b15-12-. The van der Waals surface area contributed by atoms with Gasteiger partial charge in [0.1, 0.15) is 12.1 Å². The molecule has 6 nitrogen and oxygen atoms in total. The van der Waals surface area contributed by atoms with Crippen LogP contribution >= 0.6 is 0 Å². The van der Waals surface area contributed by atoms with Crippen LogP contribution in [-0.4, -0.2) is 23.1 Å². The van der Waals surface area contributed by atoms with Crippen LogP contribution in [0.2, 0.25) is 0 Å². The van der Waals surface area contributed by atoms with Crippen LogP contribution in [0.4, 0.5) is 0 Å². The first-order valence-corrected chi connectivity index (χ1v) is 7.66. The quantitative estimate of drug-likeness (QED) is 0.460. The van der Waals surface area contributed by atoms with Crippen LogP contribution in [0, 0.1) is 0 Å². The highest BCUT2D eigenvalue weighted by atomic mass is 16.3. The molecule has 0 aromatic carbocycles. The van der Waals surface area contributed by atoms with Gasteiger partial charge in [-0.25, -0.2) is 9.98 Å². The molecule has 1 heterocycles. The van der Waals surface area contributed by atoms with Gasteiger partial charge in [0.2, 0.25) is 5.89 Å². The summed E-state index contributed by atoms with van der Waals surface area (Å²) in [6, 6.07) is 0. The van der Waals surface area contributed by atoms with Gasteiger partial charge in [0.15, 0.2) is 0 Å². The summed E-state index contributed by atoms with van der Waals surface area (Å²) in [6.45, 7) is 11.7. The number of rotatable bonds is 7. The minimum absolute atomic E-state index is 0.0686. The van der Waals surface area contributed by atoms with E-state index >= 15 is 0 Å². The highest BCUT2D eigenvalue weighted by Crippen LogP contribution is 2.36. The second-order valence-electron chi connectivity index (χ2n) is 6.30. The maximum atomic E-state index is 12.6. The molecule has 0 radical (unpaired) electrons. The molecule has 23 heavy (non-hydrogen) atoms. The molecule has 1 aromatic rings. The lowest BCUT2D eigenvalue weighted by Crippen LogP contribution is -2.30. The van der Waals surface area contributed by atoms with Crippen LogP contribution in [0.1, 0.15) is 46.4 Å². The number of carbonyl (C=O) groups is 1. The average Bonchev–Trinajstić information content (AvgIpc) is 3.01. The fraction of sp³-hybridized carbons (Fsp3) is 0.471. The van der Waals surface area contributed by atoms with Crippen molar-refractivity contribution in [3.63, 3.8) is 0 Å². The van der Waals surface area contributed by atoms with Crippen molar-refractivity contribution in [2.75, 3.05) is 0 Å². The minimum atomic E-state index is -0.176. The molecule has 0 aliphatic heterocycles. The molecule has 1 aromatic heterocycles. The Labute approximate surface area is 136 Å². The molecule has 6 heteroatoms. The van der Waals surface area contributed by atoms with Gasteiger partial charge in [0, 0.05) is 16.7 Å². The molecule has 0 saturated heterocycles. The van der Waals surface area contributed by atoms with E-state index in [0.717, 1.165) is 24.0 Å². The zero-order valence-electron chi connectivity index (χ0n) is 14.2. The normalized spacial score (nSPS) is 16.2. The van der Waals surface area contributed by atoms with Crippen LogP contribution in [0.3, 0.4) is 0 Å². The maximum absolute atomic E-state index is 12.6. The van der Waals surface area contributed by atoms with E-state index in [9.17, 15) is 4.79 Å². The summed E-state index contributed by atoms with van der Waals surface area (Å²) in [5, 5.41) is 6.21. The molecule has 1 amide bonds. The molecule has 0 atom stereocenters. The fourth-order valence-electron chi connectivity index (χ4n) is 2.33. The number of hydrogen-bond donors (Lipinski definition) is 2. The summed E-state index contributed by atoms with van der Waals surface area (Å²) in [7, 11) is 0. The molecule has 2 N–H and O–H groups in total. The molecule has 124 valence electrons. The van der Waals surface area contributed by atoms with Gasteiger partial charge in [-0.2, -0.15) is 0 Å². The third-order valence-corrected chi connectivity index (χ3v) is 3.92. The topological polar surface area (TPSA) is 79.5 Å². The molecule has 0 unspecified atom stereocenters. The van der Waals surface area contributed by atoms with E-state index in [2.05, 4.69) is 34.3 Å². The zero-order valence-corrected chi connectivity index (χ0v) is 14.2. The van der Waals surface area contributed by atoms with Gasteiger partial charge in [-0.15, -0.1) is 0 Å². The largest absolute Gasteiger partial charge is 0.447 e. The monoisotopic (exact) mass is 316 g/mol. The van der Waals surface area contributed by atoms with Crippen LogP contribution in [0.15, 0.2) is 44.4 Å². The van der Waals surface area contributed by atoms with Crippen molar-refractivity contribution in [1.29, 1.82) is 0 Å². The van der Waals surface area contributed by atoms with Gasteiger partial charge < -0.3 is 15.1 Å².